The maximum Gasteiger partial charge on any atom is 0.147 e. The Morgan fingerprint density at radius 2 is 2.29 bits per heavy atom. The summed E-state index contributed by atoms with van der Waals surface area (Å²) in [5.41, 5.74) is 7.89. The predicted molar refractivity (Wildman–Crippen MR) is 85.2 cm³/mol. The van der Waals surface area contributed by atoms with Gasteiger partial charge in [0, 0.05) is 43.3 Å². The highest BCUT2D eigenvalue weighted by Crippen LogP contribution is 2.36. The van der Waals surface area contributed by atoms with Gasteiger partial charge in [0.25, 0.3) is 0 Å². The number of nitrogens with one attached hydrogen (secondary N) is 2. The smallest absolute Gasteiger partial charge is 0.147 e. The molecule has 7 heteroatoms. The second-order valence-electron chi connectivity index (χ2n) is 4.58. The minimum atomic E-state index is 0.543. The van der Waals surface area contributed by atoms with Crippen LogP contribution in [-0.4, -0.2) is 25.9 Å². The summed E-state index contributed by atoms with van der Waals surface area (Å²) in [5.74, 6) is 1.55. The molecule has 3 aromatic heterocycles. The van der Waals surface area contributed by atoms with Crippen molar-refractivity contribution in [1.82, 2.24) is 19.3 Å². The van der Waals surface area contributed by atoms with Crippen molar-refractivity contribution in [3.05, 3.63) is 42.7 Å². The van der Waals surface area contributed by atoms with Gasteiger partial charge in [-0.3, -0.25) is 4.98 Å². The summed E-state index contributed by atoms with van der Waals surface area (Å²) in [4.78, 5) is 11.4. The van der Waals surface area contributed by atoms with E-state index in [-0.39, 0.29) is 0 Å². The predicted octanol–water partition coefficient (Wildman–Crippen LogP) is 2.56. The molecule has 6 nitrogen and oxygen atoms in total. The number of aryl methyl sites for hydroxylation is 1. The van der Waals surface area contributed by atoms with Crippen LogP contribution in [0.3, 0.4) is 0 Å². The molecule has 3 rings (SSSR count). The van der Waals surface area contributed by atoms with Crippen molar-refractivity contribution in [3.8, 4) is 11.1 Å². The summed E-state index contributed by atoms with van der Waals surface area (Å²) >= 11 is 1.38. The highest BCUT2D eigenvalue weighted by atomic mass is 32.1. The fourth-order valence-electron chi connectivity index (χ4n) is 2.11. The van der Waals surface area contributed by atoms with Crippen molar-refractivity contribution < 1.29 is 0 Å². The number of imidazole rings is 1. The average Bonchev–Trinajstić information content (AvgIpc) is 3.14. The molecule has 0 bridgehead atoms. The van der Waals surface area contributed by atoms with Gasteiger partial charge in [0.05, 0.1) is 5.56 Å². The number of hydrogen-bond acceptors (Lipinski definition) is 6. The highest BCUT2D eigenvalue weighted by molar-refractivity contribution is 7.11. The van der Waals surface area contributed by atoms with Crippen LogP contribution in [0.15, 0.2) is 36.9 Å². The highest BCUT2D eigenvalue weighted by Gasteiger charge is 2.13. The van der Waals surface area contributed by atoms with Crippen LogP contribution < -0.4 is 11.1 Å². The topological polar surface area (TPSA) is 92.5 Å². The number of aromatic amines is 1. The number of H-pyrrole nitrogens is 1. The molecule has 0 aliphatic carbocycles. The van der Waals surface area contributed by atoms with Gasteiger partial charge in [0.2, 0.25) is 0 Å². The molecule has 4 N–H and O–H groups in total. The second-order valence-corrected chi connectivity index (χ2v) is 5.35. The molecule has 0 saturated carbocycles. The van der Waals surface area contributed by atoms with Crippen LogP contribution in [0.25, 0.3) is 11.1 Å². The quantitative estimate of drug-likeness (QED) is 0.608. The molecule has 0 saturated heterocycles. The first-order chi connectivity index (χ1) is 10.3. The molecule has 0 aliphatic rings. The molecule has 3 aromatic rings. The van der Waals surface area contributed by atoms with Crippen LogP contribution in [0, 0.1) is 0 Å². The average molecular weight is 300 g/mol. The van der Waals surface area contributed by atoms with Crippen LogP contribution >= 0.6 is 11.5 Å². The van der Waals surface area contributed by atoms with Crippen LogP contribution in [0.5, 0.6) is 0 Å². The van der Waals surface area contributed by atoms with E-state index >= 15 is 0 Å². The fourth-order valence-corrected chi connectivity index (χ4v) is 2.87. The zero-order chi connectivity index (χ0) is 14.5. The summed E-state index contributed by atoms with van der Waals surface area (Å²) in [6.45, 7) is 0.843. The van der Waals surface area contributed by atoms with E-state index < -0.39 is 0 Å². The number of nitrogen functional groups attached to an aromatic ring is 1. The SMILES string of the molecule is Nc1nsc(NCCCc2ncc[nH]2)c1-c1cccnc1. The Balaban J connectivity index is 1.64. The lowest BCUT2D eigenvalue weighted by atomic mass is 10.1. The Bertz CT molecular complexity index is 677. The van der Waals surface area contributed by atoms with Gasteiger partial charge in [0.15, 0.2) is 0 Å². The number of nitrogens with two attached hydrogens (primary N) is 1. The van der Waals surface area contributed by atoms with Crippen LogP contribution in [-0.2, 0) is 6.42 Å². The van der Waals surface area contributed by atoms with E-state index in [0.29, 0.717) is 5.82 Å². The van der Waals surface area contributed by atoms with Gasteiger partial charge in [-0.1, -0.05) is 6.07 Å². The molecule has 3 heterocycles. The lowest BCUT2D eigenvalue weighted by Gasteiger charge is -2.06. The van der Waals surface area contributed by atoms with Crippen molar-refractivity contribution in [3.63, 3.8) is 0 Å². The molecule has 108 valence electrons. The maximum absolute atomic E-state index is 5.97. The first-order valence-electron chi connectivity index (χ1n) is 6.72. The Hall–Kier alpha value is -2.41. The van der Waals surface area contributed by atoms with Gasteiger partial charge in [-0.05, 0) is 24.0 Å². The standard InChI is InChI=1S/C14H16N6S/c15-13-12(10-3-1-5-16-9-10)14(21-20-13)19-6-2-4-11-17-7-8-18-11/h1,3,5,7-9,19H,2,4,6H2,(H2,15,20)(H,17,18). The summed E-state index contributed by atoms with van der Waals surface area (Å²) in [5, 5.41) is 4.39. The molecule has 0 amide bonds. The Labute approximate surface area is 126 Å². The number of rotatable bonds is 6. The molecular weight excluding hydrogens is 284 g/mol. The van der Waals surface area contributed by atoms with Gasteiger partial charge >= 0.3 is 0 Å². The largest absolute Gasteiger partial charge is 0.382 e. The molecule has 0 aliphatic heterocycles. The molecule has 21 heavy (non-hydrogen) atoms. The fraction of sp³-hybridized carbons (Fsp3) is 0.214. The van der Waals surface area contributed by atoms with Crippen molar-refractivity contribution in [2.75, 3.05) is 17.6 Å². The molecule has 0 radical (unpaired) electrons. The molecule has 0 atom stereocenters. The molecule has 0 aromatic carbocycles. The Morgan fingerprint density at radius 1 is 1.33 bits per heavy atom. The van der Waals surface area contributed by atoms with Crippen molar-refractivity contribution >= 4 is 22.4 Å². The van der Waals surface area contributed by atoms with Crippen LogP contribution in [0.2, 0.25) is 0 Å². The van der Waals surface area contributed by atoms with E-state index in [0.717, 1.165) is 41.3 Å². The number of anilines is 2. The summed E-state index contributed by atoms with van der Waals surface area (Å²) in [6.07, 6.45) is 9.05. The third-order valence-corrected chi connectivity index (χ3v) is 3.92. The first-order valence-corrected chi connectivity index (χ1v) is 7.49. The minimum Gasteiger partial charge on any atom is -0.382 e. The van der Waals surface area contributed by atoms with Crippen LogP contribution in [0.1, 0.15) is 12.2 Å². The van der Waals surface area contributed by atoms with E-state index in [4.69, 9.17) is 5.73 Å². The van der Waals surface area contributed by atoms with E-state index in [2.05, 4.69) is 24.6 Å². The number of pyridine rings is 1. The number of hydrogen-bond donors (Lipinski definition) is 3. The van der Waals surface area contributed by atoms with E-state index in [1.807, 2.05) is 18.3 Å². The van der Waals surface area contributed by atoms with Crippen LogP contribution in [0.4, 0.5) is 10.8 Å². The zero-order valence-corrected chi connectivity index (χ0v) is 12.2. The number of nitrogens with zero attached hydrogens (tertiary/aromatic N) is 3. The lowest BCUT2D eigenvalue weighted by Crippen LogP contribution is -2.03. The maximum atomic E-state index is 5.97. The van der Waals surface area contributed by atoms with Crippen molar-refractivity contribution in [2.24, 2.45) is 0 Å². The number of aromatic nitrogens is 4. The summed E-state index contributed by atoms with van der Waals surface area (Å²) in [6, 6.07) is 3.88. The van der Waals surface area contributed by atoms with Gasteiger partial charge in [-0.25, -0.2) is 4.98 Å². The van der Waals surface area contributed by atoms with Gasteiger partial charge in [-0.15, -0.1) is 0 Å². The Kier molecular flexibility index (Phi) is 4.11. The first kappa shape index (κ1) is 13.6. The van der Waals surface area contributed by atoms with Gasteiger partial charge < -0.3 is 16.0 Å². The lowest BCUT2D eigenvalue weighted by molar-refractivity contribution is 0.818. The van der Waals surface area contributed by atoms with Gasteiger partial charge in [-0.2, -0.15) is 4.37 Å². The second kappa shape index (κ2) is 6.36. The third kappa shape index (κ3) is 3.19. The normalized spacial score (nSPS) is 10.7. The Morgan fingerprint density at radius 3 is 3.05 bits per heavy atom. The van der Waals surface area contributed by atoms with Crippen molar-refractivity contribution in [2.45, 2.75) is 12.8 Å². The van der Waals surface area contributed by atoms with Crippen molar-refractivity contribution in [1.29, 1.82) is 0 Å². The van der Waals surface area contributed by atoms with Gasteiger partial charge in [0.1, 0.15) is 16.6 Å². The summed E-state index contributed by atoms with van der Waals surface area (Å²) in [7, 11) is 0. The van der Waals surface area contributed by atoms with E-state index in [1.54, 1.807) is 18.6 Å². The summed E-state index contributed by atoms with van der Waals surface area (Å²) < 4.78 is 4.23. The zero-order valence-electron chi connectivity index (χ0n) is 11.4. The molecule has 0 fully saturated rings. The van der Waals surface area contributed by atoms with E-state index in [1.165, 1.54) is 11.5 Å². The monoisotopic (exact) mass is 300 g/mol. The molecule has 0 unspecified atom stereocenters. The molecule has 0 spiro atoms. The minimum absolute atomic E-state index is 0.543. The van der Waals surface area contributed by atoms with E-state index in [9.17, 15) is 0 Å². The molecular formula is C14H16N6S. The third-order valence-electron chi connectivity index (χ3n) is 3.10.